The van der Waals surface area contributed by atoms with Crippen LogP contribution < -0.4 is 14.2 Å². The third kappa shape index (κ3) is 5.78. The molecule has 0 bridgehead atoms. The third-order valence-corrected chi connectivity index (χ3v) is 6.56. The molecular formula is C19H16ClN3O7S2. The second-order valence-corrected chi connectivity index (χ2v) is 9.37. The Labute approximate surface area is 192 Å². The van der Waals surface area contributed by atoms with E-state index in [0.717, 1.165) is 11.8 Å². The van der Waals surface area contributed by atoms with Crippen molar-refractivity contribution in [2.75, 3.05) is 7.11 Å². The number of carboxylic acid groups (broad SMARTS) is 1. The lowest BCUT2D eigenvalue weighted by Gasteiger charge is -2.13. The highest BCUT2D eigenvalue weighted by molar-refractivity contribution is 8.15. The Kier molecular flexibility index (Phi) is 7.38. The summed E-state index contributed by atoms with van der Waals surface area (Å²) in [6, 6.07) is 10.4. The van der Waals surface area contributed by atoms with Gasteiger partial charge in [0.15, 0.2) is 10.9 Å². The first-order chi connectivity index (χ1) is 15.2. The molecule has 10 nitrogen and oxygen atoms in total. The highest BCUT2D eigenvalue weighted by Gasteiger charge is 2.32. The van der Waals surface area contributed by atoms with Crippen LogP contribution in [-0.4, -0.2) is 49.1 Å². The van der Waals surface area contributed by atoms with E-state index >= 15 is 0 Å². The summed E-state index contributed by atoms with van der Waals surface area (Å²) in [7, 11) is -2.81. The second-order valence-electron chi connectivity index (χ2n) is 6.23. The van der Waals surface area contributed by atoms with Gasteiger partial charge in [0, 0.05) is 5.56 Å². The van der Waals surface area contributed by atoms with E-state index < -0.39 is 27.2 Å². The van der Waals surface area contributed by atoms with Crippen molar-refractivity contribution < 1.29 is 32.0 Å². The van der Waals surface area contributed by atoms with Crippen molar-refractivity contribution in [1.29, 1.82) is 0 Å². The molecule has 1 amide bonds. The van der Waals surface area contributed by atoms with Crippen molar-refractivity contribution in [1.82, 2.24) is 5.32 Å². The van der Waals surface area contributed by atoms with E-state index in [-0.39, 0.29) is 33.0 Å². The first kappa shape index (κ1) is 23.6. The zero-order chi connectivity index (χ0) is 23.3. The van der Waals surface area contributed by atoms with Crippen LogP contribution in [0, 0.1) is 0 Å². The van der Waals surface area contributed by atoms with Crippen molar-refractivity contribution in [3.05, 3.63) is 53.1 Å². The van der Waals surface area contributed by atoms with Gasteiger partial charge < -0.3 is 19.3 Å². The number of benzene rings is 2. The molecule has 32 heavy (non-hydrogen) atoms. The van der Waals surface area contributed by atoms with Gasteiger partial charge in [0.2, 0.25) is 11.7 Å². The average Bonchev–Trinajstić information content (AvgIpc) is 3.08. The molecular weight excluding hydrogens is 482 g/mol. The second kappa shape index (κ2) is 10.0. The van der Waals surface area contributed by atoms with E-state index in [4.69, 9.17) is 25.6 Å². The number of nitrogens with one attached hydrogen (secondary N) is 1. The van der Waals surface area contributed by atoms with Gasteiger partial charge in [-0.15, -0.1) is 5.10 Å². The Balaban J connectivity index is 1.78. The highest BCUT2D eigenvalue weighted by atomic mass is 35.5. The summed E-state index contributed by atoms with van der Waals surface area (Å²) in [6.07, 6.45) is 0.966. The number of methoxy groups -OCH3 is 1. The first-order valence-corrected chi connectivity index (χ1v) is 11.5. The fourth-order valence-corrected chi connectivity index (χ4v) is 4.73. The predicted octanol–water partition coefficient (Wildman–Crippen LogP) is 2.51. The van der Waals surface area contributed by atoms with Crippen molar-refractivity contribution in [2.45, 2.75) is 16.6 Å². The SMILES string of the molecule is COc1cc(/C=N\N=C2\NC(=O)[C@H](CC(=O)O)S2)cc(Cl)c1OS(=O)(=O)c1ccccc1. The van der Waals surface area contributed by atoms with Crippen LogP contribution in [0.25, 0.3) is 0 Å². The molecule has 13 heteroatoms. The van der Waals surface area contributed by atoms with E-state index in [0.29, 0.717) is 5.56 Å². The van der Waals surface area contributed by atoms with Crippen LogP contribution in [-0.2, 0) is 19.7 Å². The van der Waals surface area contributed by atoms with Gasteiger partial charge in [0.1, 0.15) is 10.1 Å². The third-order valence-electron chi connectivity index (χ3n) is 3.97. The molecule has 168 valence electrons. The number of ether oxygens (including phenoxy) is 1. The lowest BCUT2D eigenvalue weighted by atomic mass is 10.2. The van der Waals surface area contributed by atoms with Crippen LogP contribution >= 0.6 is 23.4 Å². The number of carboxylic acids is 1. The molecule has 0 unspecified atom stereocenters. The summed E-state index contributed by atoms with van der Waals surface area (Å²) in [6.45, 7) is 0. The van der Waals surface area contributed by atoms with Gasteiger partial charge in [0.05, 0.1) is 24.8 Å². The maximum absolute atomic E-state index is 12.5. The summed E-state index contributed by atoms with van der Waals surface area (Å²) >= 11 is 7.17. The lowest BCUT2D eigenvalue weighted by molar-refractivity contribution is -0.138. The van der Waals surface area contributed by atoms with Crippen molar-refractivity contribution in [3.8, 4) is 11.5 Å². The van der Waals surface area contributed by atoms with Crippen molar-refractivity contribution >= 4 is 56.7 Å². The molecule has 2 aromatic carbocycles. The summed E-state index contributed by atoms with van der Waals surface area (Å²) in [5.74, 6) is -1.69. The van der Waals surface area contributed by atoms with E-state index in [9.17, 15) is 18.0 Å². The molecule has 1 saturated heterocycles. The minimum absolute atomic E-state index is 0.0389. The fraction of sp³-hybridized carbons (Fsp3) is 0.158. The Morgan fingerprint density at radius 2 is 2.03 bits per heavy atom. The number of carbonyl (C=O) groups is 2. The van der Waals surface area contributed by atoms with Crippen LogP contribution in [0.2, 0.25) is 5.02 Å². The van der Waals surface area contributed by atoms with Gasteiger partial charge in [-0.25, -0.2) is 0 Å². The zero-order valence-corrected chi connectivity index (χ0v) is 18.8. The predicted molar refractivity (Wildman–Crippen MR) is 119 cm³/mol. The average molecular weight is 498 g/mol. The van der Waals surface area contributed by atoms with Gasteiger partial charge in [0.25, 0.3) is 0 Å². The molecule has 1 atom stereocenters. The number of thioether (sulfide) groups is 1. The Bertz CT molecular complexity index is 1200. The zero-order valence-electron chi connectivity index (χ0n) is 16.4. The number of rotatable bonds is 8. The number of hydrogen-bond acceptors (Lipinski definition) is 9. The molecule has 3 rings (SSSR count). The molecule has 1 aliphatic rings. The fourth-order valence-electron chi connectivity index (χ4n) is 2.53. The summed E-state index contributed by atoms with van der Waals surface area (Å²) in [5.41, 5.74) is 0.414. The Morgan fingerprint density at radius 3 is 2.69 bits per heavy atom. The lowest BCUT2D eigenvalue weighted by Crippen LogP contribution is -2.26. The summed E-state index contributed by atoms with van der Waals surface area (Å²) in [5, 5.41) is 18.3. The molecule has 1 heterocycles. The number of aliphatic carboxylic acids is 1. The topological polar surface area (TPSA) is 144 Å². The number of hydrogen-bond donors (Lipinski definition) is 2. The van der Waals surface area contributed by atoms with E-state index in [1.54, 1.807) is 18.2 Å². The van der Waals surface area contributed by atoms with E-state index in [2.05, 4.69) is 15.5 Å². The number of amides is 1. The van der Waals surface area contributed by atoms with Crippen molar-refractivity contribution in [2.24, 2.45) is 10.2 Å². The Morgan fingerprint density at radius 1 is 1.31 bits per heavy atom. The van der Waals surface area contributed by atoms with Crippen LogP contribution in [0.4, 0.5) is 0 Å². The maximum atomic E-state index is 12.5. The van der Waals surface area contributed by atoms with Gasteiger partial charge in [-0.2, -0.15) is 13.5 Å². The van der Waals surface area contributed by atoms with Crippen LogP contribution in [0.15, 0.2) is 57.6 Å². The van der Waals surface area contributed by atoms with Crippen LogP contribution in [0.5, 0.6) is 11.5 Å². The highest BCUT2D eigenvalue weighted by Crippen LogP contribution is 2.38. The maximum Gasteiger partial charge on any atom is 0.339 e. The van der Waals surface area contributed by atoms with E-state index in [1.807, 2.05) is 0 Å². The number of halogens is 1. The molecule has 0 saturated carbocycles. The van der Waals surface area contributed by atoms with Gasteiger partial charge >= 0.3 is 16.1 Å². The number of nitrogens with zero attached hydrogens (tertiary/aromatic N) is 2. The van der Waals surface area contributed by atoms with Gasteiger partial charge in [-0.05, 0) is 24.3 Å². The van der Waals surface area contributed by atoms with Gasteiger partial charge in [-0.3, -0.25) is 9.59 Å². The normalized spacial score (nSPS) is 17.5. The van der Waals surface area contributed by atoms with E-state index in [1.165, 1.54) is 37.6 Å². The summed E-state index contributed by atoms with van der Waals surface area (Å²) in [4.78, 5) is 22.4. The molecule has 0 aromatic heterocycles. The summed E-state index contributed by atoms with van der Waals surface area (Å²) < 4.78 is 35.4. The molecule has 1 fully saturated rings. The molecule has 2 N–H and O–H groups in total. The van der Waals surface area contributed by atoms with Crippen LogP contribution in [0.3, 0.4) is 0 Å². The molecule has 0 spiro atoms. The smallest absolute Gasteiger partial charge is 0.339 e. The minimum Gasteiger partial charge on any atom is -0.493 e. The van der Waals surface area contributed by atoms with Crippen LogP contribution in [0.1, 0.15) is 12.0 Å². The number of carbonyl (C=O) groups excluding carboxylic acids is 1. The van der Waals surface area contributed by atoms with Gasteiger partial charge in [-0.1, -0.05) is 41.6 Å². The molecule has 1 aliphatic heterocycles. The molecule has 2 aromatic rings. The number of amidine groups is 1. The molecule has 0 aliphatic carbocycles. The van der Waals surface area contributed by atoms with Crippen molar-refractivity contribution in [3.63, 3.8) is 0 Å². The quantitative estimate of drug-likeness (QED) is 0.321. The minimum atomic E-state index is -4.13. The standard InChI is InChI=1S/C19H16ClN3O7S2/c1-29-14-8-11(10-21-23-19-22-18(26)15(31-19)9-16(24)25)7-13(20)17(14)30-32(27,28)12-5-3-2-4-6-12/h2-8,10,15H,9H2,1H3,(H,24,25)(H,22,23,26)/b21-10-/t15-/m0/s1. The first-order valence-electron chi connectivity index (χ1n) is 8.87. The monoisotopic (exact) mass is 497 g/mol. The molecule has 0 radical (unpaired) electrons. The Hall–Kier alpha value is -3.09. The largest absolute Gasteiger partial charge is 0.493 e.